The Bertz CT molecular complexity index is 1410. The second kappa shape index (κ2) is 13.2. The number of hydrogen-bond donors (Lipinski definition) is 1. The third kappa shape index (κ3) is 8.72. The van der Waals surface area contributed by atoms with Gasteiger partial charge in [-0.15, -0.1) is 0 Å². The summed E-state index contributed by atoms with van der Waals surface area (Å²) in [5, 5.41) is 3.28. The van der Waals surface area contributed by atoms with Crippen molar-refractivity contribution in [3.8, 4) is 5.75 Å². The Morgan fingerprint density at radius 3 is 2.05 bits per heavy atom. The zero-order valence-corrected chi connectivity index (χ0v) is 25.0. The Balaban J connectivity index is 2.10. The largest absolute Gasteiger partial charge is 0.495 e. The van der Waals surface area contributed by atoms with Gasteiger partial charge in [-0.05, 0) is 50.1 Å². The molecule has 3 aromatic rings. The van der Waals surface area contributed by atoms with Crippen LogP contribution in [0.5, 0.6) is 5.75 Å². The van der Waals surface area contributed by atoms with Crippen LogP contribution in [0.3, 0.4) is 0 Å². The highest BCUT2D eigenvalue weighted by Gasteiger charge is 2.35. The van der Waals surface area contributed by atoms with Gasteiger partial charge in [0.15, 0.2) is 0 Å². The van der Waals surface area contributed by atoms with Crippen LogP contribution in [0, 0.1) is 0 Å². The predicted molar refractivity (Wildman–Crippen MR) is 159 cm³/mol. The number of rotatable bonds is 11. The number of amides is 2. The molecule has 2 amide bonds. The number of benzene rings is 3. The first-order chi connectivity index (χ1) is 18.8. The van der Waals surface area contributed by atoms with Crippen molar-refractivity contribution in [1.29, 1.82) is 0 Å². The second-order valence-corrected chi connectivity index (χ2v) is 12.9. The lowest BCUT2D eigenvalue weighted by atomic mass is 10.0. The molecule has 0 radical (unpaired) electrons. The van der Waals surface area contributed by atoms with Gasteiger partial charge in [0.2, 0.25) is 21.8 Å². The lowest BCUT2D eigenvalue weighted by Gasteiger charge is -2.35. The normalized spacial score (nSPS) is 12.3. The molecule has 0 aromatic heterocycles. The van der Waals surface area contributed by atoms with Gasteiger partial charge in [-0.25, -0.2) is 8.42 Å². The highest BCUT2D eigenvalue weighted by atomic mass is 35.5. The van der Waals surface area contributed by atoms with Crippen LogP contribution in [0.1, 0.15) is 31.9 Å². The molecule has 0 aliphatic carbocycles. The molecule has 3 aromatic carbocycles. The fourth-order valence-corrected chi connectivity index (χ4v) is 5.25. The standard InChI is InChI=1S/C30H36ClN3O5S/c1-30(2,3)32-29(36)26(18-22-12-8-6-9-13-22)33(20-23-14-10-7-11-15-23)28(35)21-34(40(5,37)38)25-19-24(31)16-17-27(25)39-4/h6-17,19,26H,18,20-21H2,1-5H3,(H,32,36)/t26-/m0/s1. The number of anilines is 1. The van der Waals surface area contributed by atoms with Gasteiger partial charge in [-0.1, -0.05) is 72.3 Å². The Labute approximate surface area is 241 Å². The van der Waals surface area contributed by atoms with Gasteiger partial charge in [-0.2, -0.15) is 0 Å². The number of methoxy groups -OCH3 is 1. The maximum atomic E-state index is 14.1. The molecule has 0 aliphatic heterocycles. The number of halogens is 1. The van der Waals surface area contributed by atoms with Crippen LogP contribution < -0.4 is 14.4 Å². The minimum Gasteiger partial charge on any atom is -0.495 e. The van der Waals surface area contributed by atoms with Crippen molar-refractivity contribution in [2.75, 3.05) is 24.2 Å². The van der Waals surface area contributed by atoms with Crippen molar-refractivity contribution in [3.63, 3.8) is 0 Å². The molecular formula is C30H36ClN3O5S. The number of sulfonamides is 1. The first kappa shape index (κ1) is 31.0. The van der Waals surface area contributed by atoms with E-state index in [0.717, 1.165) is 21.7 Å². The van der Waals surface area contributed by atoms with Gasteiger partial charge in [0, 0.05) is 23.5 Å². The predicted octanol–water partition coefficient (Wildman–Crippen LogP) is 4.67. The van der Waals surface area contributed by atoms with Crippen LogP contribution in [0.15, 0.2) is 78.9 Å². The summed E-state index contributed by atoms with van der Waals surface area (Å²) in [5.41, 5.74) is 1.23. The summed E-state index contributed by atoms with van der Waals surface area (Å²) in [4.78, 5) is 29.3. The van der Waals surface area contributed by atoms with E-state index >= 15 is 0 Å². The lowest BCUT2D eigenvalue weighted by molar-refractivity contribution is -0.140. The Kier molecular flexibility index (Phi) is 10.2. The molecule has 0 bridgehead atoms. The molecule has 0 aliphatic rings. The van der Waals surface area contributed by atoms with Gasteiger partial charge in [0.1, 0.15) is 18.3 Å². The molecule has 8 nitrogen and oxygen atoms in total. The monoisotopic (exact) mass is 585 g/mol. The molecule has 0 unspecified atom stereocenters. The van der Waals surface area contributed by atoms with Crippen molar-refractivity contribution in [2.45, 2.75) is 45.3 Å². The van der Waals surface area contributed by atoms with Crippen molar-refractivity contribution in [1.82, 2.24) is 10.2 Å². The van der Waals surface area contributed by atoms with E-state index in [2.05, 4.69) is 5.32 Å². The maximum Gasteiger partial charge on any atom is 0.244 e. The smallest absolute Gasteiger partial charge is 0.244 e. The minimum atomic E-state index is -3.96. The van der Waals surface area contributed by atoms with Crippen LogP contribution in [-0.4, -0.2) is 56.6 Å². The number of hydrogen-bond acceptors (Lipinski definition) is 5. The number of ether oxygens (including phenoxy) is 1. The van der Waals surface area contributed by atoms with Gasteiger partial charge in [0.05, 0.1) is 19.1 Å². The number of carbonyl (C=O) groups excluding carboxylic acids is 2. The fraction of sp³-hybridized carbons (Fsp3) is 0.333. The van der Waals surface area contributed by atoms with Gasteiger partial charge >= 0.3 is 0 Å². The van der Waals surface area contributed by atoms with Crippen molar-refractivity contribution in [3.05, 3.63) is 95.0 Å². The molecule has 3 rings (SSSR count). The third-order valence-corrected chi connectivity index (χ3v) is 7.42. The number of nitrogens with one attached hydrogen (secondary N) is 1. The SMILES string of the molecule is COc1ccc(Cl)cc1N(CC(=O)N(Cc1ccccc1)[C@@H](Cc1ccccc1)C(=O)NC(C)(C)C)S(C)(=O)=O. The number of carbonyl (C=O) groups is 2. The topological polar surface area (TPSA) is 96.0 Å². The summed E-state index contributed by atoms with van der Waals surface area (Å²) < 4.78 is 32.3. The molecule has 1 atom stereocenters. The molecule has 0 spiro atoms. The summed E-state index contributed by atoms with van der Waals surface area (Å²) >= 11 is 6.19. The Morgan fingerprint density at radius 1 is 0.950 bits per heavy atom. The third-order valence-electron chi connectivity index (χ3n) is 6.05. The molecule has 10 heteroatoms. The molecule has 0 saturated carbocycles. The molecule has 214 valence electrons. The summed E-state index contributed by atoms with van der Waals surface area (Å²) in [5.74, 6) is -0.656. The average molecular weight is 586 g/mol. The molecule has 1 N–H and O–H groups in total. The van der Waals surface area contributed by atoms with Crippen LogP contribution in [0.25, 0.3) is 0 Å². The lowest BCUT2D eigenvalue weighted by Crippen LogP contribution is -2.56. The zero-order chi connectivity index (χ0) is 29.5. The van der Waals surface area contributed by atoms with Gasteiger partial charge in [-0.3, -0.25) is 13.9 Å². The van der Waals surface area contributed by atoms with E-state index in [9.17, 15) is 18.0 Å². The summed E-state index contributed by atoms with van der Waals surface area (Å²) in [7, 11) is -2.55. The highest BCUT2D eigenvalue weighted by Crippen LogP contribution is 2.33. The number of nitrogens with zero attached hydrogens (tertiary/aromatic N) is 2. The maximum absolute atomic E-state index is 14.1. The van der Waals surface area contributed by atoms with Crippen LogP contribution >= 0.6 is 11.6 Å². The molecule has 0 heterocycles. The van der Waals surface area contributed by atoms with E-state index in [1.807, 2.05) is 81.4 Å². The van der Waals surface area contributed by atoms with E-state index in [-0.39, 0.29) is 35.3 Å². The first-order valence-electron chi connectivity index (χ1n) is 12.8. The summed E-state index contributed by atoms with van der Waals surface area (Å²) in [6.45, 7) is 5.13. The molecule has 40 heavy (non-hydrogen) atoms. The van der Waals surface area contributed by atoms with E-state index in [0.29, 0.717) is 0 Å². The Hall–Kier alpha value is -3.56. The molecular weight excluding hydrogens is 550 g/mol. The molecule has 0 fully saturated rings. The highest BCUT2D eigenvalue weighted by molar-refractivity contribution is 7.92. The quantitative estimate of drug-likeness (QED) is 0.353. The van der Waals surface area contributed by atoms with Crippen LogP contribution in [0.4, 0.5) is 5.69 Å². The minimum absolute atomic E-state index is 0.0962. The molecule has 0 saturated heterocycles. The zero-order valence-electron chi connectivity index (χ0n) is 23.4. The van der Waals surface area contributed by atoms with Crippen LogP contribution in [0.2, 0.25) is 5.02 Å². The summed E-state index contributed by atoms with van der Waals surface area (Å²) in [6.07, 6.45) is 1.25. The van der Waals surface area contributed by atoms with E-state index in [1.165, 1.54) is 24.1 Å². The van der Waals surface area contributed by atoms with Crippen molar-refractivity contribution < 1.29 is 22.7 Å². The Morgan fingerprint density at radius 2 is 1.52 bits per heavy atom. The average Bonchev–Trinajstić information content (AvgIpc) is 2.88. The van der Waals surface area contributed by atoms with Crippen molar-refractivity contribution in [2.24, 2.45) is 0 Å². The van der Waals surface area contributed by atoms with E-state index in [1.54, 1.807) is 6.07 Å². The van der Waals surface area contributed by atoms with E-state index < -0.39 is 34.1 Å². The second-order valence-electron chi connectivity index (χ2n) is 10.5. The van der Waals surface area contributed by atoms with Crippen LogP contribution in [-0.2, 0) is 32.6 Å². The van der Waals surface area contributed by atoms with Gasteiger partial charge in [0.25, 0.3) is 0 Å². The fourth-order valence-electron chi connectivity index (χ4n) is 4.24. The first-order valence-corrected chi connectivity index (χ1v) is 15.0. The summed E-state index contributed by atoms with van der Waals surface area (Å²) in [6, 6.07) is 22.3. The van der Waals surface area contributed by atoms with E-state index in [4.69, 9.17) is 16.3 Å². The van der Waals surface area contributed by atoms with Gasteiger partial charge < -0.3 is 15.0 Å². The van der Waals surface area contributed by atoms with Crippen molar-refractivity contribution >= 4 is 39.1 Å².